The molecule has 0 radical (unpaired) electrons. The van der Waals surface area contributed by atoms with Crippen molar-refractivity contribution < 1.29 is 4.39 Å². The second kappa shape index (κ2) is 6.49. The van der Waals surface area contributed by atoms with Crippen molar-refractivity contribution in [2.75, 3.05) is 26.2 Å². The number of rotatable bonds is 5. The van der Waals surface area contributed by atoms with Crippen molar-refractivity contribution in [2.45, 2.75) is 33.2 Å². The van der Waals surface area contributed by atoms with Crippen molar-refractivity contribution in [3.8, 4) is 0 Å². The van der Waals surface area contributed by atoms with Gasteiger partial charge in [-0.05, 0) is 63.0 Å². The highest BCUT2D eigenvalue weighted by atomic mass is 19.1. The topological polar surface area (TPSA) is 15.3 Å². The van der Waals surface area contributed by atoms with Gasteiger partial charge < -0.3 is 10.2 Å². The Hall–Kier alpha value is -0.930. The highest BCUT2D eigenvalue weighted by Crippen LogP contribution is 2.19. The van der Waals surface area contributed by atoms with E-state index in [4.69, 9.17) is 0 Å². The summed E-state index contributed by atoms with van der Waals surface area (Å²) in [5.74, 6) is 0.627. The van der Waals surface area contributed by atoms with E-state index in [1.54, 1.807) is 13.0 Å². The normalized spacial score (nSPS) is 21.8. The van der Waals surface area contributed by atoms with Crippen LogP contribution in [0.5, 0.6) is 0 Å². The van der Waals surface area contributed by atoms with Crippen LogP contribution in [-0.4, -0.2) is 31.1 Å². The third-order valence-electron chi connectivity index (χ3n) is 4.23. The van der Waals surface area contributed by atoms with Gasteiger partial charge >= 0.3 is 0 Å². The van der Waals surface area contributed by atoms with Crippen molar-refractivity contribution in [2.24, 2.45) is 5.92 Å². The summed E-state index contributed by atoms with van der Waals surface area (Å²) in [7, 11) is 0. The Balaban J connectivity index is 1.84. The summed E-state index contributed by atoms with van der Waals surface area (Å²) in [4.78, 5) is 2.49. The average Bonchev–Trinajstić information content (AvgIpc) is 2.87. The van der Waals surface area contributed by atoms with Crippen LogP contribution in [-0.2, 0) is 0 Å². The van der Waals surface area contributed by atoms with Gasteiger partial charge in [-0.2, -0.15) is 0 Å². The Morgan fingerprint density at radius 1 is 1.47 bits per heavy atom. The summed E-state index contributed by atoms with van der Waals surface area (Å²) < 4.78 is 13.5. The smallest absolute Gasteiger partial charge is 0.126 e. The zero-order valence-electron chi connectivity index (χ0n) is 12.2. The zero-order chi connectivity index (χ0) is 13.8. The third-order valence-corrected chi connectivity index (χ3v) is 4.23. The lowest BCUT2D eigenvalue weighted by Crippen LogP contribution is -2.28. The van der Waals surface area contributed by atoms with E-state index in [2.05, 4.69) is 24.1 Å². The molecule has 106 valence electrons. The van der Waals surface area contributed by atoms with E-state index in [1.807, 2.05) is 12.1 Å². The van der Waals surface area contributed by atoms with E-state index < -0.39 is 0 Å². The molecule has 19 heavy (non-hydrogen) atoms. The molecule has 3 heteroatoms. The van der Waals surface area contributed by atoms with Gasteiger partial charge in [0.25, 0.3) is 0 Å². The molecule has 1 aromatic rings. The number of aryl methyl sites for hydroxylation is 1. The molecule has 1 aliphatic heterocycles. The second-order valence-electron chi connectivity index (χ2n) is 5.69. The molecule has 2 nitrogen and oxygen atoms in total. The Labute approximate surface area is 116 Å². The number of hydrogen-bond acceptors (Lipinski definition) is 2. The summed E-state index contributed by atoms with van der Waals surface area (Å²) in [6.07, 6.45) is 1.27. The minimum Gasteiger partial charge on any atom is -0.310 e. The van der Waals surface area contributed by atoms with Gasteiger partial charge in [0.15, 0.2) is 0 Å². The van der Waals surface area contributed by atoms with E-state index in [0.29, 0.717) is 5.56 Å². The fourth-order valence-corrected chi connectivity index (χ4v) is 2.71. The third kappa shape index (κ3) is 3.77. The predicted molar refractivity (Wildman–Crippen MR) is 77.8 cm³/mol. The maximum atomic E-state index is 13.5. The molecule has 2 rings (SSSR count). The van der Waals surface area contributed by atoms with Gasteiger partial charge in [-0.15, -0.1) is 0 Å². The van der Waals surface area contributed by atoms with Gasteiger partial charge in [0.1, 0.15) is 5.82 Å². The van der Waals surface area contributed by atoms with Crippen LogP contribution in [0.1, 0.15) is 37.4 Å². The largest absolute Gasteiger partial charge is 0.310 e. The average molecular weight is 264 g/mol. The van der Waals surface area contributed by atoms with E-state index in [0.717, 1.165) is 24.6 Å². The van der Waals surface area contributed by atoms with E-state index >= 15 is 0 Å². The number of hydrogen-bond donors (Lipinski definition) is 1. The van der Waals surface area contributed by atoms with Crippen LogP contribution in [0.2, 0.25) is 0 Å². The Kier molecular flexibility index (Phi) is 4.94. The lowest BCUT2D eigenvalue weighted by atomic mass is 10.0. The first-order valence-corrected chi connectivity index (χ1v) is 7.32. The van der Waals surface area contributed by atoms with Crippen molar-refractivity contribution in [1.82, 2.24) is 10.2 Å². The first-order valence-electron chi connectivity index (χ1n) is 7.32. The van der Waals surface area contributed by atoms with Crippen molar-refractivity contribution >= 4 is 0 Å². The highest BCUT2D eigenvalue weighted by Gasteiger charge is 2.21. The first-order chi connectivity index (χ1) is 9.10. The molecule has 1 saturated heterocycles. The van der Waals surface area contributed by atoms with Crippen LogP contribution < -0.4 is 5.32 Å². The number of nitrogens with one attached hydrogen (secondary N) is 1. The lowest BCUT2D eigenvalue weighted by Gasteiger charge is -2.18. The maximum Gasteiger partial charge on any atom is 0.126 e. The second-order valence-corrected chi connectivity index (χ2v) is 5.69. The van der Waals surface area contributed by atoms with Gasteiger partial charge in [-0.1, -0.05) is 19.1 Å². The van der Waals surface area contributed by atoms with Gasteiger partial charge in [0.2, 0.25) is 0 Å². The summed E-state index contributed by atoms with van der Waals surface area (Å²) in [5.41, 5.74) is 1.75. The molecule has 1 heterocycles. The lowest BCUT2D eigenvalue weighted by molar-refractivity contribution is 0.336. The van der Waals surface area contributed by atoms with Crippen LogP contribution in [0.25, 0.3) is 0 Å². The molecule has 0 amide bonds. The van der Waals surface area contributed by atoms with Crippen LogP contribution in [0.15, 0.2) is 18.2 Å². The zero-order valence-corrected chi connectivity index (χ0v) is 12.2. The Morgan fingerprint density at radius 3 is 2.89 bits per heavy atom. The van der Waals surface area contributed by atoms with E-state index in [-0.39, 0.29) is 11.9 Å². The quantitative estimate of drug-likeness (QED) is 0.879. The summed E-state index contributed by atoms with van der Waals surface area (Å²) in [6.45, 7) is 10.7. The molecule has 1 fully saturated rings. The first kappa shape index (κ1) is 14.5. The Morgan fingerprint density at radius 2 is 2.26 bits per heavy atom. The molecule has 0 bridgehead atoms. The fraction of sp³-hybridized carbons (Fsp3) is 0.625. The van der Waals surface area contributed by atoms with Crippen molar-refractivity contribution in [1.29, 1.82) is 0 Å². The molecule has 0 saturated carbocycles. The molecular weight excluding hydrogens is 239 g/mol. The van der Waals surface area contributed by atoms with Gasteiger partial charge in [-0.25, -0.2) is 4.39 Å². The Bertz CT molecular complexity index is 419. The predicted octanol–water partition coefficient (Wildman–Crippen LogP) is 3.13. The molecule has 2 unspecified atom stereocenters. The number of nitrogens with zero attached hydrogens (tertiary/aromatic N) is 1. The maximum absolute atomic E-state index is 13.5. The fourth-order valence-electron chi connectivity index (χ4n) is 2.71. The minimum atomic E-state index is -0.107. The minimum absolute atomic E-state index is 0.107. The van der Waals surface area contributed by atoms with Crippen LogP contribution in [0.4, 0.5) is 4.39 Å². The highest BCUT2D eigenvalue weighted by molar-refractivity contribution is 5.25. The number of likely N-dealkylation sites (tertiary alicyclic amines) is 1. The van der Waals surface area contributed by atoms with E-state index in [9.17, 15) is 4.39 Å². The molecule has 1 aliphatic rings. The van der Waals surface area contributed by atoms with Crippen molar-refractivity contribution in [3.63, 3.8) is 0 Å². The van der Waals surface area contributed by atoms with Crippen LogP contribution in [0, 0.1) is 18.7 Å². The van der Waals surface area contributed by atoms with Gasteiger partial charge in [-0.3, -0.25) is 0 Å². The molecule has 0 spiro atoms. The molecule has 1 N–H and O–H groups in total. The summed E-state index contributed by atoms with van der Waals surface area (Å²) >= 11 is 0. The monoisotopic (exact) mass is 264 g/mol. The van der Waals surface area contributed by atoms with Gasteiger partial charge in [0.05, 0.1) is 0 Å². The standard InChI is InChI=1S/C16H25FN2/c1-4-19-8-7-14(11-19)10-18-13(3)15-6-5-12(2)16(17)9-15/h5-6,9,13-14,18H,4,7-8,10-11H2,1-3H3. The van der Waals surface area contributed by atoms with Crippen molar-refractivity contribution in [3.05, 3.63) is 35.1 Å². The molecular formula is C16H25FN2. The van der Waals surface area contributed by atoms with Crippen LogP contribution >= 0.6 is 0 Å². The van der Waals surface area contributed by atoms with E-state index in [1.165, 1.54) is 19.5 Å². The van der Waals surface area contributed by atoms with Gasteiger partial charge in [0, 0.05) is 12.6 Å². The van der Waals surface area contributed by atoms with Crippen LogP contribution in [0.3, 0.4) is 0 Å². The molecule has 0 aliphatic carbocycles. The summed E-state index contributed by atoms with van der Waals surface area (Å²) in [6, 6.07) is 5.74. The molecule has 1 aromatic carbocycles. The number of benzene rings is 1. The molecule has 0 aromatic heterocycles. The molecule has 2 atom stereocenters. The summed E-state index contributed by atoms with van der Waals surface area (Å²) in [5, 5.41) is 3.54. The SMILES string of the molecule is CCN1CCC(CNC(C)c2ccc(C)c(F)c2)C1. The number of halogens is 1.